The average Bonchev–Trinajstić information content (AvgIpc) is 3.08. The number of alkyl halides is 3. The molecule has 1 aliphatic rings. The van der Waals surface area contributed by atoms with Gasteiger partial charge in [-0.05, 0) is 45.3 Å². The van der Waals surface area contributed by atoms with Crippen molar-refractivity contribution in [3.05, 3.63) is 52.0 Å². The zero-order valence-electron chi connectivity index (χ0n) is 15.6. The van der Waals surface area contributed by atoms with Gasteiger partial charge in [0.2, 0.25) is 23.2 Å². The molecule has 0 unspecified atom stereocenters. The summed E-state index contributed by atoms with van der Waals surface area (Å²) in [4.78, 5) is 30.9. The van der Waals surface area contributed by atoms with Gasteiger partial charge in [0.1, 0.15) is 0 Å². The molecule has 0 radical (unpaired) electrons. The number of rotatable bonds is 6. The maximum Gasteiger partial charge on any atom is 0.416 e. The predicted molar refractivity (Wildman–Crippen MR) is 99.9 cm³/mol. The topological polar surface area (TPSA) is 75.4 Å². The number of nitrogens with one attached hydrogen (secondary N) is 1. The molecule has 0 saturated carbocycles. The van der Waals surface area contributed by atoms with Gasteiger partial charge in [-0.1, -0.05) is 11.6 Å². The Morgan fingerprint density at radius 1 is 1.24 bits per heavy atom. The molecule has 0 aliphatic heterocycles. The van der Waals surface area contributed by atoms with Crippen LogP contribution in [0.5, 0.6) is 0 Å². The van der Waals surface area contributed by atoms with Crippen LogP contribution in [0.4, 0.5) is 13.2 Å². The number of nitrogens with zero attached hydrogens (tertiary/aromatic N) is 2. The van der Waals surface area contributed by atoms with Gasteiger partial charge in [-0.15, -0.1) is 0 Å². The first-order chi connectivity index (χ1) is 13.6. The van der Waals surface area contributed by atoms with Crippen molar-refractivity contribution >= 4 is 23.2 Å². The number of hydrogen-bond acceptors (Lipinski definition) is 6. The van der Waals surface area contributed by atoms with E-state index in [1.165, 1.54) is 0 Å². The van der Waals surface area contributed by atoms with Gasteiger partial charge in [-0.3, -0.25) is 9.59 Å². The molecule has 0 atom stereocenters. The van der Waals surface area contributed by atoms with E-state index in [2.05, 4.69) is 10.3 Å². The average molecular weight is 428 g/mol. The van der Waals surface area contributed by atoms with Crippen LogP contribution in [0.2, 0.25) is 5.02 Å². The summed E-state index contributed by atoms with van der Waals surface area (Å²) in [6.45, 7) is 1.25. The first-order valence-corrected chi connectivity index (χ1v) is 9.03. The van der Waals surface area contributed by atoms with Crippen LogP contribution in [0.3, 0.4) is 0 Å². The van der Waals surface area contributed by atoms with Crippen LogP contribution >= 0.6 is 11.6 Å². The van der Waals surface area contributed by atoms with E-state index >= 15 is 0 Å². The number of Topliss-reactive ketones (excluding diaryl/α,β-unsaturated/α-hetero) is 1. The van der Waals surface area contributed by atoms with Crippen molar-refractivity contribution in [3.8, 4) is 11.5 Å². The number of fused-ring (bicyclic) bond motifs is 1. The van der Waals surface area contributed by atoms with Crippen LogP contribution in [0.25, 0.3) is 11.5 Å². The van der Waals surface area contributed by atoms with E-state index in [0.29, 0.717) is 6.54 Å². The summed E-state index contributed by atoms with van der Waals surface area (Å²) in [5.74, 6) is -1.81. The van der Waals surface area contributed by atoms with Gasteiger partial charge in [0, 0.05) is 12.6 Å². The van der Waals surface area contributed by atoms with E-state index in [0.717, 1.165) is 37.2 Å². The number of carbonyl (C=O) groups is 2. The van der Waals surface area contributed by atoms with E-state index in [-0.39, 0.29) is 33.6 Å². The monoisotopic (exact) mass is 427 g/mol. The summed E-state index contributed by atoms with van der Waals surface area (Å²) < 4.78 is 44.3. The van der Waals surface area contributed by atoms with E-state index < -0.39 is 23.3 Å². The predicted octanol–water partition coefficient (Wildman–Crippen LogP) is 3.82. The molecular formula is C19H17ClF3N3O3. The number of carbonyl (C=O) groups excluding carboxylic acids is 2. The van der Waals surface area contributed by atoms with Gasteiger partial charge in [0.25, 0.3) is 0 Å². The fourth-order valence-corrected chi connectivity index (χ4v) is 2.96. The second kappa shape index (κ2) is 8.00. The van der Waals surface area contributed by atoms with Crippen LogP contribution < -0.4 is 5.32 Å². The van der Waals surface area contributed by atoms with Gasteiger partial charge in [-0.2, -0.15) is 13.2 Å². The molecule has 2 aromatic rings. The zero-order chi connectivity index (χ0) is 21.3. The highest BCUT2D eigenvalue weighted by Gasteiger charge is 2.34. The van der Waals surface area contributed by atoms with Crippen molar-refractivity contribution in [2.75, 3.05) is 27.2 Å². The van der Waals surface area contributed by atoms with Gasteiger partial charge >= 0.3 is 6.18 Å². The number of aromatic nitrogens is 1. The van der Waals surface area contributed by atoms with Crippen molar-refractivity contribution in [1.29, 1.82) is 0 Å². The Hall–Kier alpha value is -2.65. The summed E-state index contributed by atoms with van der Waals surface area (Å²) in [5.41, 5.74) is -1.29. The Morgan fingerprint density at radius 2 is 1.97 bits per heavy atom. The highest BCUT2D eigenvalue weighted by atomic mass is 35.5. The third kappa shape index (κ3) is 4.51. The van der Waals surface area contributed by atoms with Gasteiger partial charge in [-0.25, -0.2) is 4.98 Å². The van der Waals surface area contributed by atoms with E-state index in [1.807, 2.05) is 19.0 Å². The van der Waals surface area contributed by atoms with Crippen molar-refractivity contribution < 1.29 is 27.2 Å². The maximum atomic E-state index is 13.0. The van der Waals surface area contributed by atoms with Crippen molar-refractivity contribution in [2.24, 2.45) is 0 Å². The molecule has 0 spiro atoms. The summed E-state index contributed by atoms with van der Waals surface area (Å²) in [5, 5.41) is 2.85. The number of benzene rings is 1. The molecule has 6 nitrogen and oxygen atoms in total. The first-order valence-electron chi connectivity index (χ1n) is 8.65. The molecule has 3 rings (SSSR count). The molecule has 0 saturated heterocycles. The van der Waals surface area contributed by atoms with E-state index in [1.54, 1.807) is 0 Å². The highest BCUT2D eigenvalue weighted by molar-refractivity contribution is 6.33. The molecule has 1 aromatic heterocycles. The maximum absolute atomic E-state index is 13.0. The zero-order valence-corrected chi connectivity index (χ0v) is 16.3. The largest absolute Gasteiger partial charge is 0.432 e. The summed E-state index contributed by atoms with van der Waals surface area (Å²) in [6.07, 6.45) is -2.76. The number of oxazole rings is 1. The molecule has 154 valence electrons. The molecule has 10 heteroatoms. The van der Waals surface area contributed by atoms with Gasteiger partial charge in [0.05, 0.1) is 21.8 Å². The molecule has 0 bridgehead atoms. The summed E-state index contributed by atoms with van der Waals surface area (Å²) in [6, 6.07) is 2.65. The molecule has 1 aromatic carbocycles. The van der Waals surface area contributed by atoms with E-state index in [9.17, 15) is 22.8 Å². The summed E-state index contributed by atoms with van der Waals surface area (Å²) in [7, 11) is 3.83. The number of hydrogen-bond donors (Lipinski definition) is 1. The standard InChI is InChI=1S/C19H17ClF3N3O3/c1-26(2)7-3-6-24-13-9-14(27)17-15(16(13)28)25-18(29-17)11-8-10(19(21,22)23)4-5-12(11)20/h4-5,8-9,24H,3,6-7H2,1-2H3. The fraction of sp³-hybridized carbons (Fsp3) is 0.316. The number of halogens is 4. The molecule has 1 heterocycles. The minimum atomic E-state index is -4.59. The molecule has 29 heavy (non-hydrogen) atoms. The summed E-state index contributed by atoms with van der Waals surface area (Å²) >= 11 is 5.99. The van der Waals surface area contributed by atoms with Crippen LogP contribution in [0, 0.1) is 0 Å². The molecular weight excluding hydrogens is 411 g/mol. The number of ketones is 2. The SMILES string of the molecule is CN(C)CCCNC1=CC(=O)c2oc(-c3cc(C(F)(F)F)ccc3Cl)nc2C1=O. The lowest BCUT2D eigenvalue weighted by Crippen LogP contribution is -2.28. The molecule has 0 fully saturated rings. The third-order valence-corrected chi connectivity index (χ3v) is 4.54. The quantitative estimate of drug-likeness (QED) is 0.706. The van der Waals surface area contributed by atoms with Crippen molar-refractivity contribution in [3.63, 3.8) is 0 Å². The molecule has 1 aliphatic carbocycles. The van der Waals surface area contributed by atoms with Gasteiger partial charge < -0.3 is 14.6 Å². The smallest absolute Gasteiger partial charge is 0.416 e. The Bertz CT molecular complexity index is 996. The molecule has 1 N–H and O–H groups in total. The van der Waals surface area contributed by atoms with Crippen LogP contribution in [-0.4, -0.2) is 48.6 Å². The second-order valence-corrected chi connectivity index (χ2v) is 7.13. The third-order valence-electron chi connectivity index (χ3n) is 4.21. The van der Waals surface area contributed by atoms with Gasteiger partial charge in [0.15, 0.2) is 5.69 Å². The lowest BCUT2D eigenvalue weighted by Gasteiger charge is -2.13. The Labute approximate surface area is 169 Å². The Morgan fingerprint density at radius 3 is 2.62 bits per heavy atom. The fourth-order valence-electron chi connectivity index (χ4n) is 2.76. The minimum Gasteiger partial charge on any atom is -0.432 e. The Balaban J connectivity index is 1.88. The minimum absolute atomic E-state index is 0.0495. The lowest BCUT2D eigenvalue weighted by atomic mass is 10.0. The van der Waals surface area contributed by atoms with Crippen LogP contribution in [0.1, 0.15) is 33.0 Å². The van der Waals surface area contributed by atoms with E-state index in [4.69, 9.17) is 16.0 Å². The van der Waals surface area contributed by atoms with Crippen molar-refractivity contribution in [1.82, 2.24) is 15.2 Å². The van der Waals surface area contributed by atoms with Crippen molar-refractivity contribution in [2.45, 2.75) is 12.6 Å². The Kier molecular flexibility index (Phi) is 5.81. The van der Waals surface area contributed by atoms with Crippen LogP contribution in [0.15, 0.2) is 34.4 Å². The second-order valence-electron chi connectivity index (χ2n) is 6.72. The lowest BCUT2D eigenvalue weighted by molar-refractivity contribution is -0.137. The first kappa shape index (κ1) is 21.1. The highest BCUT2D eigenvalue weighted by Crippen LogP contribution is 2.36. The number of allylic oxidation sites excluding steroid dienone is 2. The normalized spacial score (nSPS) is 14.2. The molecule has 0 amide bonds. The van der Waals surface area contributed by atoms with Crippen LogP contribution in [-0.2, 0) is 6.18 Å².